The van der Waals surface area contributed by atoms with Crippen LogP contribution in [0.5, 0.6) is 0 Å². The van der Waals surface area contributed by atoms with Crippen LogP contribution in [-0.4, -0.2) is 67.9 Å². The van der Waals surface area contributed by atoms with Crippen LogP contribution in [0.1, 0.15) is 162 Å². The first-order valence-electron chi connectivity index (χ1n) is 43.0. The summed E-state index contributed by atoms with van der Waals surface area (Å²) in [6.45, 7) is 28.7. The highest BCUT2D eigenvalue weighted by atomic mass is 35.5. The third-order valence-corrected chi connectivity index (χ3v) is 27.6. The molecule has 8 aliphatic rings. The molecule has 17 rings (SSSR count). The second-order valence-corrected chi connectivity index (χ2v) is 37.1. The van der Waals surface area contributed by atoms with Gasteiger partial charge in [-0.25, -0.2) is 4.99 Å². The summed E-state index contributed by atoms with van der Waals surface area (Å²) < 4.78 is 4.69. The highest BCUT2D eigenvalue weighted by Crippen LogP contribution is 2.51. The molecular formula is C110H121Cl5N8OS. The van der Waals surface area contributed by atoms with Crippen molar-refractivity contribution in [2.45, 2.75) is 166 Å². The van der Waals surface area contributed by atoms with E-state index in [1.165, 1.54) is 130 Å². The van der Waals surface area contributed by atoms with E-state index >= 15 is 0 Å². The van der Waals surface area contributed by atoms with Gasteiger partial charge in [0.1, 0.15) is 14.1 Å². The number of thioether (sulfide) groups is 1. The van der Waals surface area contributed by atoms with E-state index in [1.54, 1.807) is 0 Å². The quantitative estimate of drug-likeness (QED) is 0.0789. The first kappa shape index (κ1) is 96.8. The van der Waals surface area contributed by atoms with Gasteiger partial charge in [0, 0.05) is 164 Å². The zero-order chi connectivity index (χ0) is 86.7. The first-order chi connectivity index (χ1) is 58.5. The smallest absolute Gasteiger partial charge is 0.221 e. The van der Waals surface area contributed by atoms with Crippen molar-refractivity contribution >= 4 is 104 Å². The van der Waals surface area contributed by atoms with E-state index in [0.717, 1.165) is 89.6 Å². The Hall–Kier alpha value is -10.4. The molecule has 0 bridgehead atoms. The number of carbonyl (C=O) groups excluding carboxylic acids is 1. The van der Waals surface area contributed by atoms with Gasteiger partial charge in [0.15, 0.2) is 17.6 Å². The largest absolute Gasteiger partial charge is 1.00 e. The number of nitrogens with zero attached hydrogens (tertiary/aromatic N) is 5. The lowest BCUT2D eigenvalue weighted by Gasteiger charge is -2.25. The number of rotatable bonds is 13. The summed E-state index contributed by atoms with van der Waals surface area (Å²) >= 11 is 15.5. The Bertz CT molecular complexity index is 5830. The van der Waals surface area contributed by atoms with Gasteiger partial charge < -0.3 is 62.6 Å². The summed E-state index contributed by atoms with van der Waals surface area (Å²) in [5, 5.41) is 7.75. The van der Waals surface area contributed by atoms with Crippen molar-refractivity contribution in [1.82, 2.24) is 0 Å². The molecule has 125 heavy (non-hydrogen) atoms. The number of halogens is 5. The summed E-state index contributed by atoms with van der Waals surface area (Å²) in [6, 6.07) is 84.0. The van der Waals surface area contributed by atoms with Gasteiger partial charge in [0.2, 0.25) is 23.0 Å². The lowest BCUT2D eigenvalue weighted by molar-refractivity contribution is -0.401. The van der Waals surface area contributed by atoms with Crippen molar-refractivity contribution in [3.8, 4) is 0 Å². The normalized spacial score (nSPS) is 19.3. The number of fused-ring (bicyclic) bond motifs is 5. The van der Waals surface area contributed by atoms with Crippen LogP contribution >= 0.6 is 35.0 Å². The Kier molecular flexibility index (Phi) is 32.7. The van der Waals surface area contributed by atoms with Crippen LogP contribution in [0, 0.1) is 0 Å². The number of hydrogen-bond donors (Lipinski definition) is 3. The van der Waals surface area contributed by atoms with Gasteiger partial charge in [0.05, 0.1) is 15.9 Å². The lowest BCUT2D eigenvalue weighted by Crippen LogP contribution is -3.00. The molecule has 0 atom stereocenters. The number of allylic oxidation sites excluding steroid dienone is 19. The number of anilines is 5. The summed E-state index contributed by atoms with van der Waals surface area (Å²) in [6.07, 6.45) is 32.3. The first-order valence-corrected chi connectivity index (χ1v) is 44.6. The Labute approximate surface area is 778 Å². The summed E-state index contributed by atoms with van der Waals surface area (Å²) in [5.41, 5.74) is 30.5. The molecule has 648 valence electrons. The van der Waals surface area contributed by atoms with Crippen LogP contribution in [0.25, 0.3) is 0 Å². The number of nitrogens with one attached hydrogen (secondary N) is 3. The van der Waals surface area contributed by atoms with Gasteiger partial charge in [-0.05, 0) is 197 Å². The topological polar surface area (TPSA) is 70.8 Å². The second-order valence-electron chi connectivity index (χ2n) is 35.3. The van der Waals surface area contributed by atoms with Crippen molar-refractivity contribution in [2.75, 3.05) is 60.6 Å². The number of para-hydroxylation sites is 8. The van der Waals surface area contributed by atoms with Crippen LogP contribution in [0.4, 0.5) is 45.5 Å². The van der Waals surface area contributed by atoms with Gasteiger partial charge >= 0.3 is 0 Å². The van der Waals surface area contributed by atoms with Gasteiger partial charge in [-0.2, -0.15) is 9.15 Å². The van der Waals surface area contributed by atoms with Gasteiger partial charge in [0.25, 0.3) is 0 Å². The van der Waals surface area contributed by atoms with Crippen molar-refractivity contribution in [2.24, 2.45) is 0 Å². The van der Waals surface area contributed by atoms with Crippen LogP contribution in [-0.2, 0) is 31.9 Å². The average molecular weight is 1780 g/mol. The minimum Gasteiger partial charge on any atom is -1.00 e. The number of benzene rings is 9. The molecule has 3 aliphatic carbocycles. The average Bonchev–Trinajstić information content (AvgIpc) is 1.62. The minimum atomic E-state index is -0.0359. The molecule has 5 aliphatic heterocycles. The Balaban J connectivity index is 0.000000175. The standard InChI is InChI=1S/C38H41N2S.C32H36ClN2.C20H19ClN2.C12H15N.C8H9NO.3ClH/c1-37(2)30-19-10-12-21-32(30)39(5)34(37)25-23-27-15-14-16-28(36(27)41-29-17-8-7-9-18-29)24-26-35-38(3,4)31-20-11-13-22-33(31)40(35)6;1-31(2)24-14-7-9-16-26(24)34(5)28(31)20-18-22-12-11-13-23(30(22)33)19-21-29-32(3,4)25-15-8-10-17-27(25)35(29)6;21-20-16(14-22-18-10-3-1-4-11-18)8-7-9-17(20)15-23-19-12-5-2-6-13-19;1-9-12(2,3)10-7-5-6-8-11(10)13(9)4;1-7(10)9-8-5-3-2-4-6-8;;;/h7-13,17-26H,14-16H2,1-6H3;7-10,14-21H,11-13H2,1-6H3;1-6,10-15,22H,7-9H2;5-8H,1H2,2-4H3;2-6H,1H3,(H,9,10);3*1H/q2*+1;;;;;;/p-2/b;;16-14-,23-15?;;;;;. The summed E-state index contributed by atoms with van der Waals surface area (Å²) in [7, 11) is 10.8. The van der Waals surface area contributed by atoms with E-state index in [9.17, 15) is 4.79 Å². The molecule has 0 saturated heterocycles. The van der Waals surface area contributed by atoms with E-state index in [4.69, 9.17) is 23.2 Å². The molecule has 0 unspecified atom stereocenters. The maximum atomic E-state index is 10.5. The fourth-order valence-electron chi connectivity index (χ4n) is 18.4. The van der Waals surface area contributed by atoms with Crippen molar-refractivity contribution in [3.63, 3.8) is 0 Å². The maximum absolute atomic E-state index is 10.5. The summed E-state index contributed by atoms with van der Waals surface area (Å²) in [4.78, 5) is 23.4. The number of hydrogen-bond acceptors (Lipinski definition) is 6. The fourth-order valence-corrected chi connectivity index (χ4v) is 20.2. The van der Waals surface area contributed by atoms with E-state index in [-0.39, 0.29) is 70.2 Å². The Morgan fingerprint density at radius 1 is 0.416 bits per heavy atom. The number of amides is 1. The van der Waals surface area contributed by atoms with E-state index < -0.39 is 0 Å². The SMILES string of the molecule is C=C1N(C)c2ccccc2C1(C)C.CC(=O)Nc1ccccc1.CN1/C(=C/C=C2\CCCC(/C=C/C3=[N+](C)c4ccccc4C3(C)C)=C2Cl)C(C)(C)c2ccccc21.CN1/C(=C/C=C2\CCCC(/C=C/C3=[N+](C)c4ccccc4C3(C)C)=C2Sc2ccccc2)C(C)(C)c2ccccc21.ClC1=C(C=[NH+]c2ccccc2)CCC/C1=C/Nc1ccccc1.[Cl-].[Cl-].[Cl-]. The maximum Gasteiger partial charge on any atom is 0.221 e. The van der Waals surface area contributed by atoms with E-state index in [0.29, 0.717) is 0 Å². The third kappa shape index (κ3) is 21.5. The Morgan fingerprint density at radius 3 is 1.26 bits per heavy atom. The molecule has 3 N–H and O–H groups in total. The predicted octanol–water partition coefficient (Wildman–Crippen LogP) is 17.6. The van der Waals surface area contributed by atoms with Gasteiger partial charge in [-0.1, -0.05) is 271 Å². The molecule has 9 aromatic rings. The van der Waals surface area contributed by atoms with Crippen molar-refractivity contribution < 1.29 is 56.2 Å². The van der Waals surface area contributed by atoms with Crippen LogP contribution < -0.4 is 67.5 Å². The van der Waals surface area contributed by atoms with Crippen molar-refractivity contribution in [3.05, 3.63) is 397 Å². The molecule has 0 saturated carbocycles. The monoisotopic (exact) mass is 1780 g/mol. The van der Waals surface area contributed by atoms with E-state index in [1.807, 2.05) is 115 Å². The van der Waals surface area contributed by atoms with Crippen molar-refractivity contribution in [1.29, 1.82) is 0 Å². The molecule has 0 aromatic heterocycles. The second kappa shape index (κ2) is 42.3. The molecule has 9 aromatic carbocycles. The lowest BCUT2D eigenvalue weighted by atomic mass is 9.81. The fraction of sp³-hybridized carbons (Fsp3) is 0.273. The zero-order valence-corrected chi connectivity index (χ0v) is 80.0. The highest BCUT2D eigenvalue weighted by Gasteiger charge is 2.45. The zero-order valence-electron chi connectivity index (χ0n) is 75.4. The van der Waals surface area contributed by atoms with E-state index in [2.05, 4.69) is 351 Å². The Morgan fingerprint density at radius 2 is 0.792 bits per heavy atom. The molecule has 1 amide bonds. The number of carbonyl (C=O) groups is 1. The van der Waals surface area contributed by atoms with Crippen LogP contribution in [0.2, 0.25) is 0 Å². The number of likely N-dealkylation sites (N-methyl/N-ethyl adjacent to an activating group) is 3. The molecule has 0 radical (unpaired) electrons. The highest BCUT2D eigenvalue weighted by molar-refractivity contribution is 8.03. The molecule has 5 heterocycles. The predicted molar refractivity (Wildman–Crippen MR) is 523 cm³/mol. The molecule has 9 nitrogen and oxygen atoms in total. The molecule has 0 spiro atoms. The molecule has 0 fully saturated rings. The third-order valence-electron chi connectivity index (χ3n) is 25.4. The van der Waals surface area contributed by atoms with Gasteiger partial charge in [-0.15, -0.1) is 0 Å². The van der Waals surface area contributed by atoms with Gasteiger partial charge in [-0.3, -0.25) is 4.79 Å². The minimum absolute atomic E-state index is 0. The summed E-state index contributed by atoms with van der Waals surface area (Å²) in [5.74, 6) is -0.0359. The molecular weight excluding hydrogens is 1660 g/mol. The van der Waals surface area contributed by atoms with Crippen LogP contribution in [0.3, 0.4) is 0 Å². The van der Waals surface area contributed by atoms with Crippen LogP contribution in [0.15, 0.2) is 374 Å². The molecule has 15 heteroatoms.